The van der Waals surface area contributed by atoms with Crippen molar-refractivity contribution in [3.8, 4) is 5.75 Å². The fraction of sp³-hybridized carbons (Fsp3) is 0.593. The number of benzene rings is 1. The van der Waals surface area contributed by atoms with E-state index in [0.29, 0.717) is 18.1 Å². The van der Waals surface area contributed by atoms with E-state index in [1.807, 2.05) is 24.3 Å². The number of furan rings is 1. The van der Waals surface area contributed by atoms with Gasteiger partial charge in [0.15, 0.2) is 5.76 Å². The van der Waals surface area contributed by atoms with Crippen molar-refractivity contribution in [1.29, 1.82) is 0 Å². The third-order valence-electron chi connectivity index (χ3n) is 5.81. The second-order valence-corrected chi connectivity index (χ2v) is 8.89. The molecule has 0 bridgehead atoms. The molecule has 0 fully saturated rings. The number of carbonyl (C=O) groups excluding carboxylic acids is 1. The Labute approximate surface area is 194 Å². The van der Waals surface area contributed by atoms with Crippen LogP contribution in [0.5, 0.6) is 5.75 Å². The van der Waals surface area contributed by atoms with Gasteiger partial charge in [0.2, 0.25) is 0 Å². The Bertz CT molecular complexity index is 805. The summed E-state index contributed by atoms with van der Waals surface area (Å²) in [6.45, 7) is 14.0. The molecule has 178 valence electrons. The largest absolute Gasteiger partial charge is 0.486 e. The second kappa shape index (κ2) is 14.0. The minimum atomic E-state index is -0.169. The monoisotopic (exact) mass is 442 g/mol. The molecule has 1 amide bonds. The summed E-state index contributed by atoms with van der Waals surface area (Å²) in [5, 5.41) is 3.09. The van der Waals surface area contributed by atoms with Crippen molar-refractivity contribution in [2.75, 3.05) is 19.6 Å². The molecule has 0 aliphatic heterocycles. The number of hydrogen-bond acceptors (Lipinski definition) is 4. The zero-order chi connectivity index (χ0) is 23.3. The average Bonchev–Trinajstić information content (AvgIpc) is 3.24. The van der Waals surface area contributed by atoms with E-state index in [9.17, 15) is 4.79 Å². The zero-order valence-corrected chi connectivity index (χ0v) is 20.7. The van der Waals surface area contributed by atoms with Crippen LogP contribution in [0.15, 0.2) is 34.7 Å². The van der Waals surface area contributed by atoms with Crippen LogP contribution in [0, 0.1) is 13.8 Å². The lowest BCUT2D eigenvalue weighted by Gasteiger charge is -2.26. The maximum absolute atomic E-state index is 12.7. The third-order valence-corrected chi connectivity index (χ3v) is 5.81. The molecule has 1 N–H and O–H groups in total. The fourth-order valence-corrected chi connectivity index (χ4v) is 3.73. The lowest BCUT2D eigenvalue weighted by atomic mass is 10.1. The van der Waals surface area contributed by atoms with Gasteiger partial charge in [-0.25, -0.2) is 0 Å². The Morgan fingerprint density at radius 1 is 1.00 bits per heavy atom. The van der Waals surface area contributed by atoms with Crippen molar-refractivity contribution < 1.29 is 13.9 Å². The van der Waals surface area contributed by atoms with E-state index in [-0.39, 0.29) is 11.9 Å². The van der Waals surface area contributed by atoms with Crippen LogP contribution in [0.25, 0.3) is 0 Å². The maximum atomic E-state index is 12.7. The van der Waals surface area contributed by atoms with Crippen molar-refractivity contribution in [2.45, 2.75) is 85.8 Å². The summed E-state index contributed by atoms with van der Waals surface area (Å²) < 4.78 is 11.6. The van der Waals surface area contributed by atoms with Crippen LogP contribution >= 0.6 is 0 Å². The number of hydrogen-bond donors (Lipinski definition) is 1. The summed E-state index contributed by atoms with van der Waals surface area (Å²) in [6, 6.07) is 9.60. The second-order valence-electron chi connectivity index (χ2n) is 8.89. The van der Waals surface area contributed by atoms with Crippen molar-refractivity contribution in [3.63, 3.8) is 0 Å². The molecule has 0 aliphatic rings. The minimum Gasteiger partial charge on any atom is -0.486 e. The molecule has 0 saturated heterocycles. The number of amides is 1. The van der Waals surface area contributed by atoms with Gasteiger partial charge in [-0.1, -0.05) is 45.6 Å². The van der Waals surface area contributed by atoms with Crippen LogP contribution in [0.1, 0.15) is 86.7 Å². The smallest absolute Gasteiger partial charge is 0.287 e. The lowest BCUT2D eigenvalue weighted by molar-refractivity contribution is 0.0896. The number of aryl methyl sites for hydroxylation is 2. The van der Waals surface area contributed by atoms with Gasteiger partial charge in [0.05, 0.1) is 0 Å². The van der Waals surface area contributed by atoms with E-state index < -0.39 is 0 Å². The normalized spacial score (nSPS) is 12.2. The first-order valence-electron chi connectivity index (χ1n) is 12.2. The summed E-state index contributed by atoms with van der Waals surface area (Å²) in [5.41, 5.74) is 2.42. The first kappa shape index (κ1) is 26.0. The molecule has 5 heteroatoms. The summed E-state index contributed by atoms with van der Waals surface area (Å²) in [6.07, 6.45) is 7.39. The first-order chi connectivity index (χ1) is 15.4. The molecule has 0 aliphatic carbocycles. The Morgan fingerprint density at radius 2 is 1.69 bits per heavy atom. The molecule has 2 rings (SSSR count). The van der Waals surface area contributed by atoms with Crippen LogP contribution in [0.2, 0.25) is 0 Å². The van der Waals surface area contributed by atoms with E-state index in [0.717, 1.165) is 25.4 Å². The number of unbranched alkanes of at least 4 members (excludes halogenated alkanes) is 4. The predicted molar refractivity (Wildman–Crippen MR) is 131 cm³/mol. The molecule has 0 saturated carbocycles. The number of nitrogens with zero attached hydrogens (tertiary/aromatic N) is 1. The predicted octanol–water partition coefficient (Wildman–Crippen LogP) is 6.28. The summed E-state index contributed by atoms with van der Waals surface area (Å²) in [7, 11) is 0. The molecular weight excluding hydrogens is 400 g/mol. The fourth-order valence-electron chi connectivity index (χ4n) is 3.73. The molecule has 1 unspecified atom stereocenters. The highest BCUT2D eigenvalue weighted by Gasteiger charge is 2.16. The highest BCUT2D eigenvalue weighted by atomic mass is 16.5. The molecule has 1 aromatic carbocycles. The van der Waals surface area contributed by atoms with Crippen molar-refractivity contribution >= 4 is 5.91 Å². The number of ether oxygens (including phenoxy) is 1. The van der Waals surface area contributed by atoms with Gasteiger partial charge in [-0.05, 0) is 82.1 Å². The number of nitrogens with one attached hydrogen (secondary N) is 1. The minimum absolute atomic E-state index is 0.0612. The van der Waals surface area contributed by atoms with Gasteiger partial charge < -0.3 is 19.4 Å². The molecule has 0 spiro atoms. The molecule has 32 heavy (non-hydrogen) atoms. The highest BCUT2D eigenvalue weighted by molar-refractivity contribution is 5.91. The van der Waals surface area contributed by atoms with E-state index in [2.05, 4.69) is 44.8 Å². The molecular formula is C27H42N2O3. The third kappa shape index (κ3) is 9.07. The molecule has 0 radical (unpaired) electrons. The Hall–Kier alpha value is -2.27. The van der Waals surface area contributed by atoms with Gasteiger partial charge in [0.1, 0.15) is 18.1 Å². The first-order valence-corrected chi connectivity index (χ1v) is 12.2. The van der Waals surface area contributed by atoms with Crippen molar-refractivity contribution in [1.82, 2.24) is 10.2 Å². The quantitative estimate of drug-likeness (QED) is 0.330. The standard InChI is InChI=1S/C27H42N2O3/c1-6-8-10-16-29(17-11-9-7-2)19-23(5)28-27(30)26-15-14-25(32-26)20-31-24-13-12-21(3)22(4)18-24/h12-15,18,23H,6-11,16-17,19-20H2,1-5H3,(H,28,30). The lowest BCUT2D eigenvalue weighted by Crippen LogP contribution is -2.42. The van der Waals surface area contributed by atoms with Crippen LogP contribution in [0.3, 0.4) is 0 Å². The Balaban J connectivity index is 1.83. The van der Waals surface area contributed by atoms with Crippen LogP contribution in [-0.2, 0) is 6.61 Å². The van der Waals surface area contributed by atoms with E-state index >= 15 is 0 Å². The Morgan fingerprint density at radius 3 is 2.31 bits per heavy atom. The van der Waals surface area contributed by atoms with Gasteiger partial charge in [-0.15, -0.1) is 0 Å². The van der Waals surface area contributed by atoms with E-state index in [1.54, 1.807) is 6.07 Å². The van der Waals surface area contributed by atoms with Gasteiger partial charge >= 0.3 is 0 Å². The SMILES string of the molecule is CCCCCN(CCCCC)CC(C)NC(=O)c1ccc(COc2ccc(C)c(C)c2)o1. The summed E-state index contributed by atoms with van der Waals surface area (Å²) in [5.74, 6) is 1.60. The average molecular weight is 443 g/mol. The van der Waals surface area contributed by atoms with Gasteiger partial charge in [-0.3, -0.25) is 4.79 Å². The molecule has 1 atom stereocenters. The van der Waals surface area contributed by atoms with Crippen molar-refractivity contribution in [3.05, 3.63) is 53.0 Å². The van der Waals surface area contributed by atoms with E-state index in [1.165, 1.54) is 49.7 Å². The Kier molecular flexibility index (Phi) is 11.4. The summed E-state index contributed by atoms with van der Waals surface area (Å²) in [4.78, 5) is 15.2. The van der Waals surface area contributed by atoms with Gasteiger partial charge in [0, 0.05) is 12.6 Å². The zero-order valence-electron chi connectivity index (χ0n) is 20.7. The highest BCUT2D eigenvalue weighted by Crippen LogP contribution is 2.18. The number of carbonyl (C=O) groups is 1. The molecule has 5 nitrogen and oxygen atoms in total. The van der Waals surface area contributed by atoms with E-state index in [4.69, 9.17) is 9.15 Å². The van der Waals surface area contributed by atoms with Crippen LogP contribution in [-0.4, -0.2) is 36.5 Å². The van der Waals surface area contributed by atoms with Gasteiger partial charge in [-0.2, -0.15) is 0 Å². The van der Waals surface area contributed by atoms with Crippen molar-refractivity contribution in [2.24, 2.45) is 0 Å². The maximum Gasteiger partial charge on any atom is 0.287 e. The number of rotatable bonds is 15. The molecule has 2 aromatic rings. The topological polar surface area (TPSA) is 54.7 Å². The van der Waals surface area contributed by atoms with Crippen LogP contribution in [0.4, 0.5) is 0 Å². The molecule has 1 aromatic heterocycles. The van der Waals surface area contributed by atoms with Crippen LogP contribution < -0.4 is 10.1 Å². The summed E-state index contributed by atoms with van der Waals surface area (Å²) >= 11 is 0. The van der Waals surface area contributed by atoms with Gasteiger partial charge in [0.25, 0.3) is 5.91 Å². The molecule has 1 heterocycles.